The zero-order chi connectivity index (χ0) is 23.0. The van der Waals surface area contributed by atoms with E-state index in [4.69, 9.17) is 9.47 Å². The first-order chi connectivity index (χ1) is 14.9. The fourth-order valence-corrected chi connectivity index (χ4v) is 11.8. The Hall–Kier alpha value is -1.00. The first-order valence-electron chi connectivity index (χ1n) is 10.4. The standard InChI is InChI=1S/C10H8N2.2C6H11O2.2BrH.Sn/c1-3-7-11-9(5-1)10-6-2-4-8-12-10;2*1-3-4-5-8-6(2)7;;;/h1-8H;2*2-5H2,1H3;2*1H;/q;;;;;+2/p-2. The molecule has 0 bridgehead atoms. The second-order valence-corrected chi connectivity index (χ2v) is 41.2. The molecule has 0 aliphatic heterocycles. The number of halogens is 2. The van der Waals surface area contributed by atoms with Gasteiger partial charge in [-0.1, -0.05) is 12.1 Å². The van der Waals surface area contributed by atoms with Crippen molar-refractivity contribution in [2.45, 2.75) is 48.4 Å². The predicted molar refractivity (Wildman–Crippen MR) is 132 cm³/mol. The number of ether oxygens (including phenoxy) is 2. The quantitative estimate of drug-likeness (QED) is 0.166. The van der Waals surface area contributed by atoms with Gasteiger partial charge in [0.25, 0.3) is 0 Å². The van der Waals surface area contributed by atoms with Crippen molar-refractivity contribution in [3.63, 3.8) is 0 Å². The zero-order valence-electron chi connectivity index (χ0n) is 18.1. The maximum atomic E-state index is 11.6. The molecule has 0 aromatic carbocycles. The summed E-state index contributed by atoms with van der Waals surface area (Å²) in [5, 5.41) is 0. The molecule has 0 saturated carbocycles. The molecule has 0 radical (unpaired) electrons. The Bertz CT molecular complexity index is 701. The Balaban J connectivity index is 0.000000339. The molecule has 0 saturated heterocycles. The Morgan fingerprint density at radius 2 is 1.23 bits per heavy atom. The molecule has 0 fully saturated rings. The summed E-state index contributed by atoms with van der Waals surface area (Å²) in [7, 11) is 0. The number of esters is 2. The third-order valence-corrected chi connectivity index (χ3v) is 16.0. The van der Waals surface area contributed by atoms with Gasteiger partial charge >= 0.3 is 132 Å². The molecule has 0 unspecified atom stereocenters. The summed E-state index contributed by atoms with van der Waals surface area (Å²) >= 11 is 4.02. The first-order valence-corrected chi connectivity index (χ1v) is 27.2. The van der Waals surface area contributed by atoms with E-state index >= 15 is 0 Å². The maximum Gasteiger partial charge on any atom is 0.0886 e. The molecule has 31 heavy (non-hydrogen) atoms. The van der Waals surface area contributed by atoms with Gasteiger partial charge < -0.3 is 0 Å². The van der Waals surface area contributed by atoms with Gasteiger partial charge in [-0.15, -0.1) is 0 Å². The number of unbranched alkanes of at least 4 members (excludes halogenated alkanes) is 2. The number of rotatable bonds is 11. The van der Waals surface area contributed by atoms with Gasteiger partial charge in [-0.3, -0.25) is 9.97 Å². The summed E-state index contributed by atoms with van der Waals surface area (Å²) in [6.45, 7) is 4.99. The van der Waals surface area contributed by atoms with Gasteiger partial charge in [0.05, 0.1) is 11.4 Å². The van der Waals surface area contributed by atoms with Crippen LogP contribution >= 0.6 is 25.4 Å². The number of hydrogen-bond acceptors (Lipinski definition) is 6. The van der Waals surface area contributed by atoms with Gasteiger partial charge in [0.15, 0.2) is 0 Å². The van der Waals surface area contributed by atoms with Crippen molar-refractivity contribution in [3.8, 4) is 11.4 Å². The van der Waals surface area contributed by atoms with Crippen LogP contribution in [0.5, 0.6) is 0 Å². The molecule has 0 atom stereocenters. The van der Waals surface area contributed by atoms with E-state index in [1.165, 1.54) is 0 Å². The van der Waals surface area contributed by atoms with Gasteiger partial charge in [-0.2, -0.15) is 0 Å². The summed E-state index contributed by atoms with van der Waals surface area (Å²) in [5.41, 5.74) is 1.83. The predicted octanol–water partition coefficient (Wildman–Crippen LogP) is 6.05. The zero-order valence-corrected chi connectivity index (χ0v) is 24.1. The molecule has 170 valence electrons. The number of aromatic nitrogens is 2. The number of hydrogen-bond donors (Lipinski definition) is 0. The minimum atomic E-state index is -3.04. The van der Waals surface area contributed by atoms with Gasteiger partial charge in [-0.05, 0) is 24.3 Å². The average Bonchev–Trinajstić information content (AvgIpc) is 2.75. The van der Waals surface area contributed by atoms with E-state index in [1.54, 1.807) is 12.4 Å². The Kier molecular flexibility index (Phi) is 15.0. The van der Waals surface area contributed by atoms with Gasteiger partial charge in [-0.25, -0.2) is 0 Å². The van der Waals surface area contributed by atoms with Crippen LogP contribution in [0.3, 0.4) is 0 Å². The van der Waals surface area contributed by atoms with Crippen molar-refractivity contribution in [1.82, 2.24) is 9.97 Å². The Labute approximate surface area is 200 Å². The van der Waals surface area contributed by atoms with Crippen molar-refractivity contribution in [1.29, 1.82) is 0 Å². The number of carbonyl (C=O) groups excluding carboxylic acids is 2. The third kappa shape index (κ3) is 13.9. The van der Waals surface area contributed by atoms with E-state index in [2.05, 4.69) is 35.4 Å². The minimum absolute atomic E-state index is 0.237. The molecule has 9 heteroatoms. The molecule has 2 aromatic heterocycles. The molecule has 2 aromatic rings. The monoisotopic (exact) mass is 664 g/mol. The largest absolute Gasteiger partial charge is 0.255 e. The van der Waals surface area contributed by atoms with Crippen molar-refractivity contribution < 1.29 is 19.1 Å². The SMILES string of the molecule is CCCCOC(=O)[CH2][Sn]([Br])([Br])[CH2]C(=O)OCCCC.c1ccc(-c2ccccn2)nc1. The summed E-state index contributed by atoms with van der Waals surface area (Å²) in [4.78, 5) is 31.6. The summed E-state index contributed by atoms with van der Waals surface area (Å²) in [5.74, 6) is -0.473. The third-order valence-electron chi connectivity index (χ3n) is 3.92. The van der Waals surface area contributed by atoms with Crippen molar-refractivity contribution in [3.05, 3.63) is 48.8 Å². The normalized spacial score (nSPS) is 10.6. The number of pyridine rings is 2. The van der Waals surface area contributed by atoms with Crippen LogP contribution in [-0.2, 0) is 19.1 Å². The summed E-state index contributed by atoms with van der Waals surface area (Å²) < 4.78 is 10.8. The van der Waals surface area contributed by atoms with E-state index in [0.29, 0.717) is 22.1 Å². The molecule has 0 aliphatic carbocycles. The first kappa shape index (κ1) is 28.0. The van der Waals surface area contributed by atoms with E-state index in [0.717, 1.165) is 37.1 Å². The molecule has 2 rings (SSSR count). The smallest absolute Gasteiger partial charge is 0.0886 e. The fraction of sp³-hybridized carbons (Fsp3) is 0.455. The van der Waals surface area contributed by atoms with Gasteiger partial charge in [0.2, 0.25) is 0 Å². The van der Waals surface area contributed by atoms with E-state index in [-0.39, 0.29) is 11.9 Å². The summed E-state index contributed by atoms with van der Waals surface area (Å²) in [6, 6.07) is 11.6. The van der Waals surface area contributed by atoms with Crippen LogP contribution < -0.4 is 0 Å². The number of nitrogens with zero attached hydrogens (tertiary/aromatic N) is 2. The van der Waals surface area contributed by atoms with E-state index in [9.17, 15) is 9.59 Å². The average molecular weight is 665 g/mol. The van der Waals surface area contributed by atoms with Crippen LogP contribution in [0, 0.1) is 0 Å². The van der Waals surface area contributed by atoms with Gasteiger partial charge in [0, 0.05) is 12.4 Å². The second-order valence-electron chi connectivity index (χ2n) is 6.79. The molecule has 0 amide bonds. The molecule has 0 aliphatic rings. The van der Waals surface area contributed by atoms with Gasteiger partial charge in [0.1, 0.15) is 0 Å². The van der Waals surface area contributed by atoms with Crippen LogP contribution in [0.2, 0.25) is 8.87 Å². The van der Waals surface area contributed by atoms with Crippen LogP contribution in [0.4, 0.5) is 0 Å². The molecule has 0 spiro atoms. The van der Waals surface area contributed by atoms with Crippen LogP contribution in [0.1, 0.15) is 39.5 Å². The van der Waals surface area contributed by atoms with Crippen molar-refractivity contribution in [2.75, 3.05) is 13.2 Å². The summed E-state index contributed by atoms with van der Waals surface area (Å²) in [6.07, 6.45) is 7.27. The van der Waals surface area contributed by atoms with Crippen molar-refractivity contribution in [2.24, 2.45) is 0 Å². The van der Waals surface area contributed by atoms with E-state index in [1.807, 2.05) is 50.2 Å². The van der Waals surface area contributed by atoms with Crippen LogP contribution in [0.25, 0.3) is 11.4 Å². The Morgan fingerprint density at radius 1 is 0.806 bits per heavy atom. The Morgan fingerprint density at radius 3 is 1.55 bits per heavy atom. The molecule has 2 heterocycles. The molecule has 6 nitrogen and oxygen atoms in total. The van der Waals surface area contributed by atoms with Crippen molar-refractivity contribution >= 4 is 51.3 Å². The maximum absolute atomic E-state index is 11.6. The van der Waals surface area contributed by atoms with Crippen LogP contribution in [-0.4, -0.2) is 49.1 Å². The minimum Gasteiger partial charge on any atom is -0.255 e. The fourth-order valence-electron chi connectivity index (χ4n) is 2.28. The topological polar surface area (TPSA) is 78.4 Å². The second kappa shape index (κ2) is 16.6. The molecular formula is C22H30Br2N2O4Sn. The molecular weight excluding hydrogens is 635 g/mol. The van der Waals surface area contributed by atoms with Crippen LogP contribution in [0.15, 0.2) is 48.8 Å². The van der Waals surface area contributed by atoms with E-state index < -0.39 is 13.9 Å². The molecule has 0 N–H and O–H groups in total. The number of carbonyl (C=O) groups is 2.